The van der Waals surface area contributed by atoms with Crippen LogP contribution in [0, 0.1) is 11.8 Å². The highest BCUT2D eigenvalue weighted by Crippen LogP contribution is 2.27. The van der Waals surface area contributed by atoms with Crippen LogP contribution in [-0.4, -0.2) is 46.4 Å². The third kappa shape index (κ3) is 2.53. The van der Waals surface area contributed by atoms with E-state index < -0.39 is 0 Å². The van der Waals surface area contributed by atoms with Gasteiger partial charge in [-0.15, -0.1) is 0 Å². The second-order valence-electron chi connectivity index (χ2n) is 6.45. The second kappa shape index (κ2) is 5.77. The number of likely N-dealkylation sites (tertiary alicyclic amines) is 1. The van der Waals surface area contributed by atoms with E-state index in [4.69, 9.17) is 0 Å². The summed E-state index contributed by atoms with van der Waals surface area (Å²) in [4.78, 5) is 31.4. The molecule has 0 radical (unpaired) electrons. The van der Waals surface area contributed by atoms with E-state index in [0.29, 0.717) is 17.5 Å². The van der Waals surface area contributed by atoms with E-state index in [1.165, 1.54) is 10.6 Å². The summed E-state index contributed by atoms with van der Waals surface area (Å²) in [6.07, 6.45) is 5.09. The lowest BCUT2D eigenvalue weighted by molar-refractivity contribution is 0.0756. The maximum atomic E-state index is 12.8. The van der Waals surface area contributed by atoms with Gasteiger partial charge in [0, 0.05) is 25.5 Å². The van der Waals surface area contributed by atoms with Gasteiger partial charge < -0.3 is 10.2 Å². The number of hydrogen-bond acceptors (Lipinski definition) is 4. The van der Waals surface area contributed by atoms with E-state index in [9.17, 15) is 9.59 Å². The lowest BCUT2D eigenvalue weighted by Crippen LogP contribution is -2.37. The van der Waals surface area contributed by atoms with Gasteiger partial charge in [0.05, 0.1) is 0 Å². The first-order chi connectivity index (χ1) is 11.2. The Balaban J connectivity index is 1.62. The standard InChI is InChI=1S/C17H20N4O2/c22-16(20-7-4-12-9-18-10-13(12)5-8-20)14-11-19-15-3-1-2-6-21(15)17(14)23/h1-3,6,11-13,18H,4-5,7-10H2/t12-,13+. The summed E-state index contributed by atoms with van der Waals surface area (Å²) in [6.45, 7) is 3.54. The van der Waals surface area contributed by atoms with Crippen LogP contribution in [0.4, 0.5) is 0 Å². The first kappa shape index (κ1) is 14.4. The molecule has 2 aromatic rings. The van der Waals surface area contributed by atoms with Crippen molar-refractivity contribution < 1.29 is 4.79 Å². The highest BCUT2D eigenvalue weighted by molar-refractivity contribution is 5.93. The maximum Gasteiger partial charge on any atom is 0.270 e. The molecule has 0 bridgehead atoms. The molecule has 2 aliphatic heterocycles. The number of rotatable bonds is 1. The molecule has 6 nitrogen and oxygen atoms in total. The van der Waals surface area contributed by atoms with E-state index in [0.717, 1.165) is 39.0 Å². The monoisotopic (exact) mass is 312 g/mol. The third-order valence-corrected chi connectivity index (χ3v) is 5.15. The van der Waals surface area contributed by atoms with Crippen LogP contribution in [0.25, 0.3) is 5.65 Å². The topological polar surface area (TPSA) is 66.7 Å². The Morgan fingerprint density at radius 1 is 1.17 bits per heavy atom. The largest absolute Gasteiger partial charge is 0.338 e. The summed E-state index contributed by atoms with van der Waals surface area (Å²) in [6, 6.07) is 5.35. The molecule has 2 saturated heterocycles. The molecule has 1 N–H and O–H groups in total. The van der Waals surface area contributed by atoms with Gasteiger partial charge in [-0.3, -0.25) is 14.0 Å². The highest BCUT2D eigenvalue weighted by atomic mass is 16.2. The lowest BCUT2D eigenvalue weighted by atomic mass is 9.92. The average Bonchev–Trinajstić information content (AvgIpc) is 2.93. The first-order valence-electron chi connectivity index (χ1n) is 8.20. The van der Waals surface area contributed by atoms with Crippen LogP contribution >= 0.6 is 0 Å². The number of carbonyl (C=O) groups excluding carboxylic acids is 1. The van der Waals surface area contributed by atoms with Gasteiger partial charge in [0.15, 0.2) is 0 Å². The van der Waals surface area contributed by atoms with Crippen molar-refractivity contribution in [1.82, 2.24) is 19.6 Å². The van der Waals surface area contributed by atoms with E-state index in [-0.39, 0.29) is 17.0 Å². The maximum absolute atomic E-state index is 12.8. The highest BCUT2D eigenvalue weighted by Gasteiger charge is 2.32. The first-order valence-corrected chi connectivity index (χ1v) is 8.20. The molecule has 0 saturated carbocycles. The zero-order chi connectivity index (χ0) is 15.8. The molecule has 2 fully saturated rings. The van der Waals surface area contributed by atoms with Crippen LogP contribution in [0.5, 0.6) is 0 Å². The Morgan fingerprint density at radius 2 is 1.91 bits per heavy atom. The fourth-order valence-electron chi connectivity index (χ4n) is 3.76. The Bertz CT molecular complexity index is 787. The normalized spacial score (nSPS) is 24.4. The smallest absolute Gasteiger partial charge is 0.270 e. The van der Waals surface area contributed by atoms with Gasteiger partial charge in [-0.25, -0.2) is 4.98 Å². The van der Waals surface area contributed by atoms with Gasteiger partial charge in [0.2, 0.25) is 0 Å². The van der Waals surface area contributed by atoms with Crippen LogP contribution in [0.3, 0.4) is 0 Å². The summed E-state index contributed by atoms with van der Waals surface area (Å²) in [5, 5.41) is 3.43. The van der Waals surface area contributed by atoms with Crippen LogP contribution in [0.2, 0.25) is 0 Å². The van der Waals surface area contributed by atoms with Crippen molar-refractivity contribution >= 4 is 11.6 Å². The van der Waals surface area contributed by atoms with Crippen molar-refractivity contribution in [2.45, 2.75) is 12.8 Å². The Hall–Kier alpha value is -2.21. The summed E-state index contributed by atoms with van der Waals surface area (Å²) in [5.74, 6) is 1.13. The summed E-state index contributed by atoms with van der Waals surface area (Å²) in [7, 11) is 0. The van der Waals surface area contributed by atoms with E-state index >= 15 is 0 Å². The molecular formula is C17H20N4O2. The number of nitrogens with zero attached hydrogens (tertiary/aromatic N) is 3. The third-order valence-electron chi connectivity index (χ3n) is 5.15. The van der Waals surface area contributed by atoms with Gasteiger partial charge in [0.1, 0.15) is 11.2 Å². The average molecular weight is 312 g/mol. The lowest BCUT2D eigenvalue weighted by Gasteiger charge is -2.20. The summed E-state index contributed by atoms with van der Waals surface area (Å²) >= 11 is 0. The van der Waals surface area contributed by atoms with Gasteiger partial charge in [-0.05, 0) is 49.9 Å². The molecule has 6 heteroatoms. The molecule has 2 aliphatic rings. The van der Waals surface area contributed by atoms with Crippen molar-refractivity contribution in [2.24, 2.45) is 11.8 Å². The number of hydrogen-bond donors (Lipinski definition) is 1. The number of fused-ring (bicyclic) bond motifs is 2. The van der Waals surface area contributed by atoms with Gasteiger partial charge in [0.25, 0.3) is 11.5 Å². The number of carbonyl (C=O) groups is 1. The number of nitrogens with one attached hydrogen (secondary N) is 1. The molecular weight excluding hydrogens is 292 g/mol. The second-order valence-corrected chi connectivity index (χ2v) is 6.45. The van der Waals surface area contributed by atoms with Crippen LogP contribution in [0.1, 0.15) is 23.2 Å². The Morgan fingerprint density at radius 3 is 2.65 bits per heavy atom. The number of pyridine rings is 1. The molecule has 4 rings (SSSR count). The predicted molar refractivity (Wildman–Crippen MR) is 86.4 cm³/mol. The molecule has 2 aromatic heterocycles. The van der Waals surface area contributed by atoms with Crippen LogP contribution < -0.4 is 10.9 Å². The molecule has 1 amide bonds. The Kier molecular flexibility index (Phi) is 3.61. The van der Waals surface area contributed by atoms with Crippen molar-refractivity contribution in [3.05, 3.63) is 46.5 Å². The van der Waals surface area contributed by atoms with Crippen molar-refractivity contribution in [3.8, 4) is 0 Å². The van der Waals surface area contributed by atoms with Crippen molar-refractivity contribution in [1.29, 1.82) is 0 Å². The summed E-state index contributed by atoms with van der Waals surface area (Å²) in [5.41, 5.74) is 0.441. The van der Waals surface area contributed by atoms with E-state index in [2.05, 4.69) is 10.3 Å². The molecule has 0 spiro atoms. The fourth-order valence-corrected chi connectivity index (χ4v) is 3.76. The summed E-state index contributed by atoms with van der Waals surface area (Å²) < 4.78 is 1.43. The van der Waals surface area contributed by atoms with Crippen LogP contribution in [-0.2, 0) is 0 Å². The molecule has 120 valence electrons. The molecule has 2 atom stereocenters. The molecule has 4 heterocycles. The minimum absolute atomic E-state index is 0.166. The number of amides is 1. The van der Waals surface area contributed by atoms with Crippen molar-refractivity contribution in [3.63, 3.8) is 0 Å². The minimum Gasteiger partial charge on any atom is -0.338 e. The molecule has 0 aliphatic carbocycles. The SMILES string of the molecule is O=C(c1cnc2ccccn2c1=O)N1CC[C@@H]2CNC[C@@H]2CC1. The molecule has 23 heavy (non-hydrogen) atoms. The van der Waals surface area contributed by atoms with Crippen molar-refractivity contribution in [2.75, 3.05) is 26.2 Å². The number of aromatic nitrogens is 2. The fraction of sp³-hybridized carbons (Fsp3) is 0.471. The molecule has 0 unspecified atom stereocenters. The molecule has 0 aromatic carbocycles. The van der Waals surface area contributed by atoms with Crippen LogP contribution in [0.15, 0.2) is 35.4 Å². The van der Waals surface area contributed by atoms with Gasteiger partial charge in [-0.1, -0.05) is 6.07 Å². The Labute approximate surface area is 134 Å². The quantitative estimate of drug-likeness (QED) is 0.844. The van der Waals surface area contributed by atoms with Gasteiger partial charge >= 0.3 is 0 Å². The van der Waals surface area contributed by atoms with Gasteiger partial charge in [-0.2, -0.15) is 0 Å². The zero-order valence-electron chi connectivity index (χ0n) is 12.9. The minimum atomic E-state index is -0.285. The van der Waals surface area contributed by atoms with E-state index in [1.807, 2.05) is 11.0 Å². The van der Waals surface area contributed by atoms with E-state index in [1.54, 1.807) is 18.3 Å². The predicted octanol–water partition coefficient (Wildman–Crippen LogP) is 0.766. The zero-order valence-corrected chi connectivity index (χ0v) is 12.9.